The molecule has 2 rings (SSSR count). The van der Waals surface area contributed by atoms with Gasteiger partial charge in [0.15, 0.2) is 0 Å². The van der Waals surface area contributed by atoms with Crippen LogP contribution in [0.3, 0.4) is 0 Å². The maximum atomic E-state index is 6.04. The number of ether oxygens (including phenoxy) is 1. The minimum atomic E-state index is 0.494. The van der Waals surface area contributed by atoms with E-state index in [1.54, 1.807) is 24.4 Å². The third-order valence-corrected chi connectivity index (χ3v) is 3.21. The molecular formula is C15H16Cl2N2O. The van der Waals surface area contributed by atoms with Crippen LogP contribution in [0, 0.1) is 0 Å². The molecule has 20 heavy (non-hydrogen) atoms. The minimum Gasteiger partial charge on any atom is -0.437 e. The van der Waals surface area contributed by atoms with E-state index in [2.05, 4.69) is 17.2 Å². The molecule has 2 aromatic rings. The highest BCUT2D eigenvalue weighted by molar-refractivity contribution is 6.34. The van der Waals surface area contributed by atoms with Crippen molar-refractivity contribution in [2.24, 2.45) is 0 Å². The molecule has 0 atom stereocenters. The summed E-state index contributed by atoms with van der Waals surface area (Å²) in [4.78, 5) is 4.26. The predicted molar refractivity (Wildman–Crippen MR) is 82.8 cm³/mol. The molecule has 1 N–H and O–H groups in total. The maximum Gasteiger partial charge on any atom is 0.219 e. The Hall–Kier alpha value is -1.29. The van der Waals surface area contributed by atoms with Gasteiger partial charge >= 0.3 is 0 Å². The van der Waals surface area contributed by atoms with Crippen molar-refractivity contribution in [3.05, 3.63) is 52.1 Å². The molecule has 0 spiro atoms. The Morgan fingerprint density at radius 3 is 2.75 bits per heavy atom. The fourth-order valence-corrected chi connectivity index (χ4v) is 1.97. The number of aromatic nitrogens is 1. The Kier molecular flexibility index (Phi) is 5.65. The third-order valence-electron chi connectivity index (χ3n) is 2.66. The molecule has 0 bridgehead atoms. The second-order valence-corrected chi connectivity index (χ2v) is 5.20. The minimum absolute atomic E-state index is 0.494. The molecule has 0 unspecified atom stereocenters. The van der Waals surface area contributed by atoms with Crippen molar-refractivity contribution >= 4 is 23.2 Å². The topological polar surface area (TPSA) is 34.1 Å². The summed E-state index contributed by atoms with van der Waals surface area (Å²) in [5.74, 6) is 0.997. The molecule has 106 valence electrons. The highest BCUT2D eigenvalue weighted by atomic mass is 35.5. The molecule has 5 heteroatoms. The van der Waals surface area contributed by atoms with Crippen LogP contribution in [0.5, 0.6) is 11.6 Å². The number of rotatable bonds is 6. The van der Waals surface area contributed by atoms with Gasteiger partial charge in [0.2, 0.25) is 5.88 Å². The first-order chi connectivity index (χ1) is 9.69. The quantitative estimate of drug-likeness (QED) is 0.787. The normalized spacial score (nSPS) is 10.6. The van der Waals surface area contributed by atoms with Crippen LogP contribution in [0.2, 0.25) is 10.0 Å². The second-order valence-electron chi connectivity index (χ2n) is 4.36. The smallest absolute Gasteiger partial charge is 0.219 e. The Bertz CT molecular complexity index is 558. The summed E-state index contributed by atoms with van der Waals surface area (Å²) < 4.78 is 5.62. The molecule has 0 saturated heterocycles. The Labute approximate surface area is 128 Å². The molecule has 0 fully saturated rings. The zero-order valence-corrected chi connectivity index (χ0v) is 12.7. The number of benzene rings is 1. The lowest BCUT2D eigenvalue weighted by molar-refractivity contribution is 0.462. The average molecular weight is 311 g/mol. The van der Waals surface area contributed by atoms with E-state index in [-0.39, 0.29) is 0 Å². The van der Waals surface area contributed by atoms with Crippen LogP contribution in [0.25, 0.3) is 0 Å². The zero-order valence-electron chi connectivity index (χ0n) is 11.2. The van der Waals surface area contributed by atoms with Gasteiger partial charge in [-0.15, -0.1) is 0 Å². The molecular weight excluding hydrogens is 295 g/mol. The number of hydrogen-bond donors (Lipinski definition) is 1. The summed E-state index contributed by atoms with van der Waals surface area (Å²) in [6.07, 6.45) is 2.90. The number of nitrogens with one attached hydrogen (secondary N) is 1. The number of nitrogens with zero attached hydrogens (tertiary/aromatic N) is 1. The van der Waals surface area contributed by atoms with Gasteiger partial charge in [-0.2, -0.15) is 0 Å². The van der Waals surface area contributed by atoms with E-state index in [1.807, 2.05) is 12.1 Å². The molecule has 3 nitrogen and oxygen atoms in total. The summed E-state index contributed by atoms with van der Waals surface area (Å²) in [7, 11) is 0. The molecule has 0 aliphatic heterocycles. The van der Waals surface area contributed by atoms with Crippen molar-refractivity contribution in [3.8, 4) is 11.6 Å². The van der Waals surface area contributed by atoms with Crippen molar-refractivity contribution in [1.82, 2.24) is 10.3 Å². The standard InChI is InChI=1S/C15H16Cl2N2O/c1-2-7-18-9-11-3-6-15(19-10-11)20-14-8-12(16)4-5-13(14)17/h3-6,8,10,18H,2,7,9H2,1H3. The summed E-state index contributed by atoms with van der Waals surface area (Å²) in [5.41, 5.74) is 1.11. The Balaban J connectivity index is 2.01. The fourth-order valence-electron chi connectivity index (χ4n) is 1.65. The van der Waals surface area contributed by atoms with Gasteiger partial charge in [0.05, 0.1) is 5.02 Å². The maximum absolute atomic E-state index is 6.04. The molecule has 1 aromatic carbocycles. The molecule has 0 aliphatic rings. The Morgan fingerprint density at radius 2 is 2.05 bits per heavy atom. The first kappa shape index (κ1) is 15.1. The van der Waals surface area contributed by atoms with E-state index >= 15 is 0 Å². The van der Waals surface area contributed by atoms with Gasteiger partial charge in [0.1, 0.15) is 5.75 Å². The number of hydrogen-bond acceptors (Lipinski definition) is 3. The van der Waals surface area contributed by atoms with Gasteiger partial charge in [-0.25, -0.2) is 4.98 Å². The molecule has 0 amide bonds. The highest BCUT2D eigenvalue weighted by Gasteiger charge is 2.05. The van der Waals surface area contributed by atoms with Crippen molar-refractivity contribution in [2.75, 3.05) is 6.54 Å². The molecule has 0 radical (unpaired) electrons. The second kappa shape index (κ2) is 7.48. The SMILES string of the molecule is CCCNCc1ccc(Oc2cc(Cl)ccc2Cl)nc1. The summed E-state index contributed by atoms with van der Waals surface area (Å²) in [6, 6.07) is 8.88. The van der Waals surface area contributed by atoms with Crippen molar-refractivity contribution in [1.29, 1.82) is 0 Å². The monoisotopic (exact) mass is 310 g/mol. The van der Waals surface area contributed by atoms with Crippen molar-refractivity contribution < 1.29 is 4.74 Å². The molecule has 0 saturated carbocycles. The molecule has 0 aliphatic carbocycles. The van der Waals surface area contributed by atoms with Crippen molar-refractivity contribution in [2.45, 2.75) is 19.9 Å². The van der Waals surface area contributed by atoms with Gasteiger partial charge in [-0.1, -0.05) is 36.2 Å². The lowest BCUT2D eigenvalue weighted by atomic mass is 10.3. The van der Waals surface area contributed by atoms with E-state index in [9.17, 15) is 0 Å². The van der Waals surface area contributed by atoms with Crippen LogP contribution in [-0.4, -0.2) is 11.5 Å². The van der Waals surface area contributed by atoms with Crippen molar-refractivity contribution in [3.63, 3.8) is 0 Å². The molecule has 1 aromatic heterocycles. The van der Waals surface area contributed by atoms with Crippen LogP contribution in [0.1, 0.15) is 18.9 Å². The number of pyridine rings is 1. The lowest BCUT2D eigenvalue weighted by Crippen LogP contribution is -2.13. The Morgan fingerprint density at radius 1 is 1.20 bits per heavy atom. The molecule has 1 heterocycles. The van der Waals surface area contributed by atoms with E-state index in [0.29, 0.717) is 21.7 Å². The zero-order chi connectivity index (χ0) is 14.4. The van der Waals surface area contributed by atoms with Crippen LogP contribution in [-0.2, 0) is 6.54 Å². The van der Waals surface area contributed by atoms with Gasteiger partial charge < -0.3 is 10.1 Å². The highest BCUT2D eigenvalue weighted by Crippen LogP contribution is 2.30. The van der Waals surface area contributed by atoms with Crippen LogP contribution >= 0.6 is 23.2 Å². The van der Waals surface area contributed by atoms with E-state index in [4.69, 9.17) is 27.9 Å². The van der Waals surface area contributed by atoms with Gasteiger partial charge in [-0.05, 0) is 30.7 Å². The predicted octanol–water partition coefficient (Wildman–Crippen LogP) is 4.68. The first-order valence-electron chi connectivity index (χ1n) is 6.47. The fraction of sp³-hybridized carbons (Fsp3) is 0.267. The van der Waals surface area contributed by atoms with Gasteiger partial charge in [0, 0.05) is 29.9 Å². The van der Waals surface area contributed by atoms with E-state index in [1.165, 1.54) is 0 Å². The third kappa shape index (κ3) is 4.37. The number of halogens is 2. The largest absolute Gasteiger partial charge is 0.437 e. The summed E-state index contributed by atoms with van der Waals surface area (Å²) in [5, 5.41) is 4.40. The first-order valence-corrected chi connectivity index (χ1v) is 7.23. The van der Waals surface area contributed by atoms with Crippen LogP contribution in [0.15, 0.2) is 36.5 Å². The van der Waals surface area contributed by atoms with Crippen LogP contribution < -0.4 is 10.1 Å². The lowest BCUT2D eigenvalue weighted by Gasteiger charge is -2.08. The van der Waals surface area contributed by atoms with Crippen LogP contribution in [0.4, 0.5) is 0 Å². The van der Waals surface area contributed by atoms with Gasteiger partial charge in [-0.3, -0.25) is 0 Å². The summed E-state index contributed by atoms with van der Waals surface area (Å²) >= 11 is 12.0. The average Bonchev–Trinajstić information content (AvgIpc) is 2.45. The van der Waals surface area contributed by atoms with Gasteiger partial charge in [0.25, 0.3) is 0 Å². The van der Waals surface area contributed by atoms with E-state index in [0.717, 1.165) is 25.1 Å². The van der Waals surface area contributed by atoms with E-state index < -0.39 is 0 Å². The summed E-state index contributed by atoms with van der Waals surface area (Å²) in [6.45, 7) is 3.94.